The maximum atomic E-state index is 4.46. The van der Waals surface area contributed by atoms with Crippen molar-refractivity contribution in [2.45, 2.75) is 6.92 Å². The molecule has 0 bridgehead atoms. The summed E-state index contributed by atoms with van der Waals surface area (Å²) in [7, 11) is 4.09. The maximum absolute atomic E-state index is 4.46. The van der Waals surface area contributed by atoms with Crippen LogP contribution in [0.5, 0.6) is 0 Å². The predicted octanol–water partition coefficient (Wildman–Crippen LogP) is 3.26. The minimum atomic E-state index is 0.578. The van der Waals surface area contributed by atoms with E-state index >= 15 is 0 Å². The molecule has 2 N–H and O–H groups in total. The molecule has 0 aliphatic heterocycles. The number of hydrogen-bond donors (Lipinski definition) is 2. The molecule has 0 spiro atoms. The third-order valence-electron chi connectivity index (χ3n) is 2.89. The molecule has 21 heavy (non-hydrogen) atoms. The lowest BCUT2D eigenvalue weighted by molar-refractivity contribution is 0.425. The molecule has 0 aliphatic rings. The van der Waals surface area contributed by atoms with Gasteiger partial charge in [-0.25, -0.2) is 4.98 Å². The predicted molar refractivity (Wildman–Crippen MR) is 91.2 cm³/mol. The third-order valence-corrected chi connectivity index (χ3v) is 3.55. The molecule has 0 unspecified atom stereocenters. The molecule has 1 aromatic heterocycles. The topological polar surface area (TPSA) is 53.1 Å². The summed E-state index contributed by atoms with van der Waals surface area (Å²) in [5.41, 5.74) is 2.15. The molecule has 1 aromatic carbocycles. The van der Waals surface area contributed by atoms with Gasteiger partial charge in [0.25, 0.3) is 0 Å². The van der Waals surface area contributed by atoms with Crippen LogP contribution in [0.25, 0.3) is 0 Å². The van der Waals surface area contributed by atoms with Crippen LogP contribution in [0.4, 0.5) is 17.5 Å². The van der Waals surface area contributed by atoms with E-state index in [0.717, 1.165) is 29.1 Å². The summed E-state index contributed by atoms with van der Waals surface area (Å²) in [4.78, 5) is 10.8. The first-order valence-corrected chi connectivity index (χ1v) is 7.59. The molecule has 2 aromatic rings. The molecule has 5 nitrogen and oxygen atoms in total. The summed E-state index contributed by atoms with van der Waals surface area (Å²) in [5.74, 6) is 1.40. The van der Waals surface area contributed by atoms with Crippen molar-refractivity contribution in [3.63, 3.8) is 0 Å². The van der Waals surface area contributed by atoms with Crippen molar-refractivity contribution >= 4 is 33.4 Å². The van der Waals surface area contributed by atoms with E-state index in [2.05, 4.69) is 54.4 Å². The minimum absolute atomic E-state index is 0.578. The second kappa shape index (κ2) is 7.38. The fourth-order valence-electron chi connectivity index (χ4n) is 1.77. The van der Waals surface area contributed by atoms with Crippen LogP contribution in [-0.2, 0) is 0 Å². The Kier molecular flexibility index (Phi) is 5.52. The molecule has 0 fully saturated rings. The first-order valence-electron chi connectivity index (χ1n) is 6.79. The number of aromatic nitrogens is 2. The standard InChI is InChI=1S/C15H20BrN5/c1-11-4-5-13(12(16)10-11)19-15-18-7-6-14(20-15)17-8-9-21(2)3/h4-7,10H,8-9H2,1-3H3,(H2,17,18,19,20). The lowest BCUT2D eigenvalue weighted by Crippen LogP contribution is -2.21. The third kappa shape index (κ3) is 4.99. The van der Waals surface area contributed by atoms with Crippen molar-refractivity contribution in [2.24, 2.45) is 0 Å². The number of halogens is 1. The van der Waals surface area contributed by atoms with E-state index in [4.69, 9.17) is 0 Å². The van der Waals surface area contributed by atoms with Crippen molar-refractivity contribution < 1.29 is 0 Å². The lowest BCUT2D eigenvalue weighted by atomic mass is 10.2. The van der Waals surface area contributed by atoms with Gasteiger partial charge in [0.05, 0.1) is 5.69 Å². The Labute approximate surface area is 133 Å². The van der Waals surface area contributed by atoms with Crippen LogP contribution in [-0.4, -0.2) is 42.1 Å². The highest BCUT2D eigenvalue weighted by molar-refractivity contribution is 9.10. The van der Waals surface area contributed by atoms with Gasteiger partial charge < -0.3 is 15.5 Å². The van der Waals surface area contributed by atoms with Gasteiger partial charge in [-0.05, 0) is 60.7 Å². The van der Waals surface area contributed by atoms with Gasteiger partial charge in [-0.2, -0.15) is 4.98 Å². The maximum Gasteiger partial charge on any atom is 0.229 e. The zero-order valence-electron chi connectivity index (χ0n) is 12.5. The van der Waals surface area contributed by atoms with E-state index in [1.165, 1.54) is 5.56 Å². The average molecular weight is 350 g/mol. The molecular formula is C15H20BrN5. The van der Waals surface area contributed by atoms with Crippen LogP contribution in [0.1, 0.15) is 5.56 Å². The Bertz CT molecular complexity index is 600. The van der Waals surface area contributed by atoms with Crippen molar-refractivity contribution in [1.82, 2.24) is 14.9 Å². The van der Waals surface area contributed by atoms with Gasteiger partial charge in [0.15, 0.2) is 0 Å². The minimum Gasteiger partial charge on any atom is -0.369 e. The number of likely N-dealkylation sites (N-methyl/N-ethyl adjacent to an activating group) is 1. The molecule has 0 amide bonds. The van der Waals surface area contributed by atoms with Gasteiger partial charge in [0.2, 0.25) is 5.95 Å². The number of aryl methyl sites for hydroxylation is 1. The van der Waals surface area contributed by atoms with E-state index in [9.17, 15) is 0 Å². The van der Waals surface area contributed by atoms with Crippen LogP contribution in [0.15, 0.2) is 34.9 Å². The highest BCUT2D eigenvalue weighted by atomic mass is 79.9. The summed E-state index contributed by atoms with van der Waals surface area (Å²) in [6, 6.07) is 7.98. The normalized spacial score (nSPS) is 10.7. The summed E-state index contributed by atoms with van der Waals surface area (Å²) < 4.78 is 0.997. The largest absolute Gasteiger partial charge is 0.369 e. The van der Waals surface area contributed by atoms with Gasteiger partial charge in [-0.15, -0.1) is 0 Å². The SMILES string of the molecule is Cc1ccc(Nc2nccc(NCCN(C)C)n2)c(Br)c1. The van der Waals surface area contributed by atoms with Crippen LogP contribution < -0.4 is 10.6 Å². The van der Waals surface area contributed by atoms with Gasteiger partial charge in [0.1, 0.15) is 5.82 Å². The fourth-order valence-corrected chi connectivity index (χ4v) is 2.36. The molecule has 6 heteroatoms. The number of benzene rings is 1. The number of nitrogens with one attached hydrogen (secondary N) is 2. The van der Waals surface area contributed by atoms with E-state index < -0.39 is 0 Å². The molecule has 0 saturated carbocycles. The summed E-state index contributed by atoms with van der Waals surface area (Å²) in [6.07, 6.45) is 1.75. The first-order chi connectivity index (χ1) is 10.0. The molecular weight excluding hydrogens is 330 g/mol. The quantitative estimate of drug-likeness (QED) is 0.838. The van der Waals surface area contributed by atoms with E-state index in [0.29, 0.717) is 5.95 Å². The smallest absolute Gasteiger partial charge is 0.229 e. The monoisotopic (exact) mass is 349 g/mol. The van der Waals surface area contributed by atoms with Crippen molar-refractivity contribution in [3.05, 3.63) is 40.5 Å². The van der Waals surface area contributed by atoms with Crippen molar-refractivity contribution in [3.8, 4) is 0 Å². The van der Waals surface area contributed by atoms with Crippen molar-refractivity contribution in [2.75, 3.05) is 37.8 Å². The second-order valence-corrected chi connectivity index (χ2v) is 5.96. The highest BCUT2D eigenvalue weighted by Crippen LogP contribution is 2.25. The van der Waals surface area contributed by atoms with E-state index in [1.807, 2.05) is 32.3 Å². The molecule has 0 aliphatic carbocycles. The Morgan fingerprint density at radius 2 is 2.05 bits per heavy atom. The van der Waals surface area contributed by atoms with E-state index in [1.54, 1.807) is 6.20 Å². The second-order valence-electron chi connectivity index (χ2n) is 5.10. The van der Waals surface area contributed by atoms with Gasteiger partial charge in [-0.1, -0.05) is 6.07 Å². The molecule has 1 heterocycles. The van der Waals surface area contributed by atoms with E-state index in [-0.39, 0.29) is 0 Å². The van der Waals surface area contributed by atoms with Crippen LogP contribution >= 0.6 is 15.9 Å². The molecule has 0 atom stereocenters. The number of anilines is 3. The lowest BCUT2D eigenvalue weighted by Gasteiger charge is -2.12. The van der Waals surface area contributed by atoms with Crippen LogP contribution in [0.2, 0.25) is 0 Å². The van der Waals surface area contributed by atoms with Crippen molar-refractivity contribution in [1.29, 1.82) is 0 Å². The fraction of sp³-hybridized carbons (Fsp3) is 0.333. The first kappa shape index (κ1) is 15.7. The van der Waals surface area contributed by atoms with Gasteiger partial charge in [-0.3, -0.25) is 0 Å². The van der Waals surface area contributed by atoms with Crippen LogP contribution in [0.3, 0.4) is 0 Å². The average Bonchev–Trinajstić information content (AvgIpc) is 2.42. The summed E-state index contributed by atoms with van der Waals surface area (Å²) in [6.45, 7) is 3.86. The molecule has 112 valence electrons. The Hall–Kier alpha value is -1.66. The Morgan fingerprint density at radius 1 is 1.24 bits per heavy atom. The number of nitrogens with zero attached hydrogens (tertiary/aromatic N) is 3. The zero-order chi connectivity index (χ0) is 15.2. The summed E-state index contributed by atoms with van der Waals surface area (Å²) >= 11 is 3.54. The molecule has 0 saturated heterocycles. The molecule has 0 radical (unpaired) electrons. The number of rotatable bonds is 6. The summed E-state index contributed by atoms with van der Waals surface area (Å²) in [5, 5.41) is 6.50. The Balaban J connectivity index is 2.03. The zero-order valence-corrected chi connectivity index (χ0v) is 14.1. The number of hydrogen-bond acceptors (Lipinski definition) is 5. The molecule has 2 rings (SSSR count). The van der Waals surface area contributed by atoms with Crippen LogP contribution in [0, 0.1) is 6.92 Å². The van der Waals surface area contributed by atoms with Gasteiger partial charge in [0, 0.05) is 23.8 Å². The van der Waals surface area contributed by atoms with Gasteiger partial charge >= 0.3 is 0 Å². The Morgan fingerprint density at radius 3 is 2.76 bits per heavy atom. The highest BCUT2D eigenvalue weighted by Gasteiger charge is 2.03.